The van der Waals surface area contributed by atoms with Gasteiger partial charge in [0.1, 0.15) is 11.6 Å². The van der Waals surface area contributed by atoms with Crippen LogP contribution >= 0.6 is 0 Å². The zero-order valence-electron chi connectivity index (χ0n) is 18.9. The molecular weight excluding hydrogens is 442 g/mol. The average Bonchev–Trinajstić information content (AvgIpc) is 2.82. The molecule has 1 aliphatic heterocycles. The summed E-state index contributed by atoms with van der Waals surface area (Å²) in [5.74, 6) is -3.44. The SMILES string of the molecule is O=C(COC(=O)C1CCN(C(=O)c2ccc(F)cc2F)CC1)NCC1(c2ccccc2)CCC1. The van der Waals surface area contributed by atoms with E-state index in [0.29, 0.717) is 25.5 Å². The number of ether oxygens (including phenoxy) is 1. The van der Waals surface area contributed by atoms with Crippen LogP contribution in [0, 0.1) is 17.6 Å². The Kier molecular flexibility index (Phi) is 7.24. The molecule has 1 saturated carbocycles. The standard InChI is InChI=1S/C26H28F2N2O4/c27-20-7-8-21(22(28)15-20)24(32)30-13-9-18(10-14-30)25(33)34-16-23(31)29-17-26(11-4-12-26)19-5-2-1-3-6-19/h1-3,5-8,15,18H,4,9-14,16-17H2,(H,29,31). The fraction of sp³-hybridized carbons (Fsp3) is 0.423. The van der Waals surface area contributed by atoms with Crippen LogP contribution in [-0.4, -0.2) is 48.9 Å². The van der Waals surface area contributed by atoms with E-state index in [2.05, 4.69) is 17.4 Å². The van der Waals surface area contributed by atoms with E-state index in [-0.39, 0.29) is 36.6 Å². The monoisotopic (exact) mass is 470 g/mol. The molecule has 1 heterocycles. The predicted molar refractivity (Wildman–Crippen MR) is 121 cm³/mol. The van der Waals surface area contributed by atoms with Crippen molar-refractivity contribution in [3.05, 3.63) is 71.3 Å². The zero-order valence-corrected chi connectivity index (χ0v) is 18.9. The lowest BCUT2D eigenvalue weighted by Crippen LogP contribution is -2.46. The molecule has 2 amide bonds. The number of likely N-dealkylation sites (tertiary alicyclic amines) is 1. The van der Waals surface area contributed by atoms with Gasteiger partial charge in [0.25, 0.3) is 11.8 Å². The van der Waals surface area contributed by atoms with Crippen molar-refractivity contribution in [2.24, 2.45) is 5.92 Å². The van der Waals surface area contributed by atoms with E-state index in [1.54, 1.807) is 0 Å². The van der Waals surface area contributed by atoms with Crippen molar-refractivity contribution in [2.75, 3.05) is 26.2 Å². The third-order valence-electron chi connectivity index (χ3n) is 6.94. The van der Waals surface area contributed by atoms with Crippen LogP contribution in [0.3, 0.4) is 0 Å². The van der Waals surface area contributed by atoms with Crippen molar-refractivity contribution >= 4 is 17.8 Å². The summed E-state index contributed by atoms with van der Waals surface area (Å²) in [7, 11) is 0. The molecule has 8 heteroatoms. The lowest BCUT2D eigenvalue weighted by Gasteiger charge is -2.42. The molecular formula is C26H28F2N2O4. The van der Waals surface area contributed by atoms with Gasteiger partial charge in [-0.3, -0.25) is 14.4 Å². The van der Waals surface area contributed by atoms with E-state index < -0.39 is 29.4 Å². The van der Waals surface area contributed by atoms with Gasteiger partial charge in [0.15, 0.2) is 6.61 Å². The molecule has 0 unspecified atom stereocenters. The Morgan fingerprint density at radius 1 is 1.03 bits per heavy atom. The molecule has 1 aliphatic carbocycles. The number of esters is 1. The van der Waals surface area contributed by atoms with Crippen LogP contribution in [0.1, 0.15) is 48.0 Å². The molecule has 34 heavy (non-hydrogen) atoms. The second-order valence-electron chi connectivity index (χ2n) is 9.07. The van der Waals surface area contributed by atoms with Gasteiger partial charge in [-0.1, -0.05) is 36.8 Å². The first kappa shape index (κ1) is 23.9. The van der Waals surface area contributed by atoms with Gasteiger partial charge in [-0.15, -0.1) is 0 Å². The third-order valence-corrected chi connectivity index (χ3v) is 6.94. The molecule has 180 valence electrons. The van der Waals surface area contributed by atoms with Crippen LogP contribution in [0.2, 0.25) is 0 Å². The number of piperidine rings is 1. The number of hydrogen-bond donors (Lipinski definition) is 1. The quantitative estimate of drug-likeness (QED) is 0.628. The summed E-state index contributed by atoms with van der Waals surface area (Å²) in [5, 5.41) is 2.90. The van der Waals surface area contributed by atoms with Crippen molar-refractivity contribution in [3.63, 3.8) is 0 Å². The smallest absolute Gasteiger partial charge is 0.309 e. The van der Waals surface area contributed by atoms with E-state index in [1.165, 1.54) is 10.5 Å². The number of carbonyl (C=O) groups excluding carboxylic acids is 3. The number of nitrogens with one attached hydrogen (secondary N) is 1. The third kappa shape index (κ3) is 5.26. The van der Waals surface area contributed by atoms with Gasteiger partial charge in [-0.2, -0.15) is 0 Å². The second kappa shape index (κ2) is 10.3. The number of nitrogens with zero attached hydrogens (tertiary/aromatic N) is 1. The van der Waals surface area contributed by atoms with Crippen LogP contribution in [0.15, 0.2) is 48.5 Å². The van der Waals surface area contributed by atoms with E-state index in [9.17, 15) is 23.2 Å². The van der Waals surface area contributed by atoms with Crippen LogP contribution in [0.25, 0.3) is 0 Å². The molecule has 1 N–H and O–H groups in total. The first-order valence-corrected chi connectivity index (χ1v) is 11.6. The maximum Gasteiger partial charge on any atom is 0.309 e. The lowest BCUT2D eigenvalue weighted by molar-refractivity contribution is -0.154. The number of benzene rings is 2. The zero-order chi connectivity index (χ0) is 24.1. The Morgan fingerprint density at radius 3 is 2.35 bits per heavy atom. The van der Waals surface area contributed by atoms with Gasteiger partial charge in [0, 0.05) is 31.1 Å². The highest BCUT2D eigenvalue weighted by Gasteiger charge is 2.38. The number of carbonyl (C=O) groups is 3. The lowest BCUT2D eigenvalue weighted by atomic mass is 9.64. The van der Waals surface area contributed by atoms with Crippen LogP contribution in [0.4, 0.5) is 8.78 Å². The molecule has 0 atom stereocenters. The summed E-state index contributed by atoms with van der Waals surface area (Å²) in [4.78, 5) is 38.7. The van der Waals surface area contributed by atoms with Crippen molar-refractivity contribution < 1.29 is 27.9 Å². The summed E-state index contributed by atoms with van der Waals surface area (Å²) < 4.78 is 32.2. The Morgan fingerprint density at radius 2 is 1.74 bits per heavy atom. The topological polar surface area (TPSA) is 75.7 Å². The Labute approximate surface area is 197 Å². The Balaban J connectivity index is 1.21. The first-order chi connectivity index (χ1) is 16.4. The average molecular weight is 471 g/mol. The summed E-state index contributed by atoms with van der Waals surface area (Å²) in [5.41, 5.74) is 0.962. The molecule has 1 saturated heterocycles. The Hall–Kier alpha value is -3.29. The molecule has 6 nitrogen and oxygen atoms in total. The molecule has 2 aromatic rings. The predicted octanol–water partition coefficient (Wildman–Crippen LogP) is 3.60. The maximum absolute atomic E-state index is 13.9. The van der Waals surface area contributed by atoms with Crippen LogP contribution in [-0.2, 0) is 19.7 Å². The minimum absolute atomic E-state index is 0.0513. The summed E-state index contributed by atoms with van der Waals surface area (Å²) >= 11 is 0. The number of halogens is 2. The molecule has 4 rings (SSSR count). The van der Waals surface area contributed by atoms with Gasteiger partial charge in [0.05, 0.1) is 11.5 Å². The van der Waals surface area contributed by atoms with Crippen molar-refractivity contribution in [2.45, 2.75) is 37.5 Å². The van der Waals surface area contributed by atoms with Crippen LogP contribution < -0.4 is 5.32 Å². The van der Waals surface area contributed by atoms with Gasteiger partial charge >= 0.3 is 5.97 Å². The van der Waals surface area contributed by atoms with Gasteiger partial charge in [-0.25, -0.2) is 8.78 Å². The van der Waals surface area contributed by atoms with Crippen molar-refractivity contribution in [1.29, 1.82) is 0 Å². The summed E-state index contributed by atoms with van der Waals surface area (Å²) in [6, 6.07) is 12.9. The fourth-order valence-corrected chi connectivity index (χ4v) is 4.69. The molecule has 2 aliphatic rings. The summed E-state index contributed by atoms with van der Waals surface area (Å²) in [6.45, 7) is 0.667. The van der Waals surface area contributed by atoms with E-state index in [0.717, 1.165) is 31.4 Å². The summed E-state index contributed by atoms with van der Waals surface area (Å²) in [6.07, 6.45) is 3.85. The van der Waals surface area contributed by atoms with E-state index >= 15 is 0 Å². The molecule has 0 aromatic heterocycles. The highest BCUT2D eigenvalue weighted by atomic mass is 19.1. The first-order valence-electron chi connectivity index (χ1n) is 11.6. The van der Waals surface area contributed by atoms with Gasteiger partial charge in [0.2, 0.25) is 0 Å². The highest BCUT2D eigenvalue weighted by Crippen LogP contribution is 2.43. The van der Waals surface area contributed by atoms with E-state index in [1.807, 2.05) is 18.2 Å². The van der Waals surface area contributed by atoms with E-state index in [4.69, 9.17) is 4.74 Å². The molecule has 2 fully saturated rings. The largest absolute Gasteiger partial charge is 0.455 e. The maximum atomic E-state index is 13.9. The van der Waals surface area contributed by atoms with Crippen molar-refractivity contribution in [3.8, 4) is 0 Å². The highest BCUT2D eigenvalue weighted by molar-refractivity contribution is 5.94. The van der Waals surface area contributed by atoms with Crippen molar-refractivity contribution in [1.82, 2.24) is 10.2 Å². The second-order valence-corrected chi connectivity index (χ2v) is 9.07. The van der Waals surface area contributed by atoms with Gasteiger partial charge in [-0.05, 0) is 43.4 Å². The number of amides is 2. The Bertz CT molecular complexity index is 1050. The number of rotatable bonds is 7. The molecule has 2 aromatic carbocycles. The minimum Gasteiger partial charge on any atom is -0.455 e. The normalized spacial score (nSPS) is 17.5. The van der Waals surface area contributed by atoms with Crippen LogP contribution in [0.5, 0.6) is 0 Å². The molecule has 0 bridgehead atoms. The van der Waals surface area contributed by atoms with Gasteiger partial charge < -0.3 is 15.0 Å². The number of hydrogen-bond acceptors (Lipinski definition) is 4. The molecule has 0 radical (unpaired) electrons. The fourth-order valence-electron chi connectivity index (χ4n) is 4.69. The molecule has 0 spiro atoms. The minimum atomic E-state index is -0.909.